The highest BCUT2D eigenvalue weighted by Gasteiger charge is 2.12. The summed E-state index contributed by atoms with van der Waals surface area (Å²) in [5, 5.41) is 17.5. The lowest BCUT2D eigenvalue weighted by Gasteiger charge is -2.10. The van der Waals surface area contributed by atoms with Crippen molar-refractivity contribution in [1.29, 1.82) is 0 Å². The quantitative estimate of drug-likeness (QED) is 0.159. The van der Waals surface area contributed by atoms with Gasteiger partial charge in [-0.2, -0.15) is 0 Å². The molecule has 0 bridgehead atoms. The van der Waals surface area contributed by atoms with E-state index < -0.39 is 18.1 Å². The number of benzene rings is 2. The van der Waals surface area contributed by atoms with Crippen LogP contribution >= 0.6 is 0 Å². The van der Waals surface area contributed by atoms with Crippen molar-refractivity contribution >= 4 is 23.3 Å². The van der Waals surface area contributed by atoms with Crippen LogP contribution in [0.3, 0.4) is 0 Å². The standard InChI is InChI=1S/C29H30FN5O5/c1-3-39-27(36)11-13-32-28(37)19-15-25(33-17-19)26-16-22(10-12-31-26)40-21-7-5-20(6-8-21)34-29(38)35-24-14-18(2)4-9-23(24)30/h4-10,12,14-17,27,33,36H,3,11,13H2,1-2H3,(H,32,37)(H2,34,35,38). The molecule has 5 N–H and O–H groups in total. The normalized spacial score (nSPS) is 11.5. The number of hydrogen-bond acceptors (Lipinski definition) is 6. The minimum atomic E-state index is -0.916. The second-order valence-electron chi connectivity index (χ2n) is 8.82. The van der Waals surface area contributed by atoms with Gasteiger partial charge >= 0.3 is 6.03 Å². The third kappa shape index (κ3) is 7.88. The molecule has 0 spiro atoms. The van der Waals surface area contributed by atoms with Gasteiger partial charge in [0.2, 0.25) is 0 Å². The Labute approximate surface area is 230 Å². The molecule has 0 radical (unpaired) electrons. The number of aryl methyl sites for hydroxylation is 1. The number of aliphatic hydroxyl groups is 1. The summed E-state index contributed by atoms with van der Waals surface area (Å²) in [6.45, 7) is 4.26. The number of aromatic amines is 1. The highest BCUT2D eigenvalue weighted by molar-refractivity contribution is 6.00. The number of halogens is 1. The van der Waals surface area contributed by atoms with Crippen molar-refractivity contribution < 1.29 is 28.6 Å². The molecule has 2 aromatic carbocycles. The number of carbonyl (C=O) groups is 2. The molecule has 0 saturated heterocycles. The molecular weight excluding hydrogens is 517 g/mol. The Morgan fingerprint density at radius 2 is 1.85 bits per heavy atom. The van der Waals surface area contributed by atoms with E-state index >= 15 is 0 Å². The first-order valence-electron chi connectivity index (χ1n) is 12.7. The Balaban J connectivity index is 1.32. The molecule has 3 amide bonds. The van der Waals surface area contributed by atoms with Crippen molar-refractivity contribution in [3.63, 3.8) is 0 Å². The predicted molar refractivity (Wildman–Crippen MR) is 149 cm³/mol. The summed E-state index contributed by atoms with van der Waals surface area (Å²) < 4.78 is 24.9. The Morgan fingerprint density at radius 3 is 2.62 bits per heavy atom. The maximum atomic E-state index is 13.9. The average Bonchev–Trinajstić information content (AvgIpc) is 3.43. The fourth-order valence-electron chi connectivity index (χ4n) is 3.74. The van der Waals surface area contributed by atoms with Crippen LogP contribution in [0.2, 0.25) is 0 Å². The maximum absolute atomic E-state index is 13.9. The topological polar surface area (TPSA) is 138 Å². The number of urea groups is 1. The van der Waals surface area contributed by atoms with E-state index in [4.69, 9.17) is 9.47 Å². The van der Waals surface area contributed by atoms with Crippen LogP contribution in [0.1, 0.15) is 29.3 Å². The van der Waals surface area contributed by atoms with Crippen LogP contribution in [0.25, 0.3) is 11.4 Å². The molecule has 2 aromatic heterocycles. The van der Waals surface area contributed by atoms with Gasteiger partial charge in [0, 0.05) is 43.7 Å². The van der Waals surface area contributed by atoms with Gasteiger partial charge in [-0.1, -0.05) is 6.07 Å². The zero-order valence-electron chi connectivity index (χ0n) is 22.0. The van der Waals surface area contributed by atoms with Crippen LogP contribution in [0.15, 0.2) is 73.1 Å². The number of aromatic nitrogens is 2. The molecule has 0 aliphatic rings. The van der Waals surface area contributed by atoms with E-state index in [-0.39, 0.29) is 24.6 Å². The molecule has 1 atom stereocenters. The fraction of sp³-hybridized carbons (Fsp3) is 0.207. The average molecular weight is 548 g/mol. The monoisotopic (exact) mass is 547 g/mol. The summed E-state index contributed by atoms with van der Waals surface area (Å²) in [5.41, 5.74) is 3.04. The Morgan fingerprint density at radius 1 is 1.05 bits per heavy atom. The highest BCUT2D eigenvalue weighted by Crippen LogP contribution is 2.27. The van der Waals surface area contributed by atoms with Crippen LogP contribution in [0, 0.1) is 12.7 Å². The lowest BCUT2D eigenvalue weighted by atomic mass is 10.2. The van der Waals surface area contributed by atoms with E-state index in [0.29, 0.717) is 40.7 Å². The third-order valence-electron chi connectivity index (χ3n) is 5.71. The second kappa shape index (κ2) is 13.4. The zero-order chi connectivity index (χ0) is 28.5. The molecule has 1 unspecified atom stereocenters. The van der Waals surface area contributed by atoms with Crippen molar-refractivity contribution in [3.8, 4) is 22.9 Å². The summed E-state index contributed by atoms with van der Waals surface area (Å²) in [4.78, 5) is 32.1. The molecule has 0 saturated carbocycles. The number of aliphatic hydroxyl groups excluding tert-OH is 1. The summed E-state index contributed by atoms with van der Waals surface area (Å²) in [6, 6.07) is 15.7. The molecule has 0 fully saturated rings. The number of rotatable bonds is 11. The van der Waals surface area contributed by atoms with E-state index in [1.54, 1.807) is 73.9 Å². The number of ether oxygens (including phenoxy) is 2. The lowest BCUT2D eigenvalue weighted by molar-refractivity contribution is -0.0973. The Bertz CT molecular complexity index is 1460. The molecule has 0 aliphatic heterocycles. The van der Waals surface area contributed by atoms with Crippen molar-refractivity contribution in [3.05, 3.63) is 90.0 Å². The van der Waals surface area contributed by atoms with Gasteiger partial charge in [-0.15, -0.1) is 0 Å². The molecule has 4 rings (SSSR count). The first-order valence-corrected chi connectivity index (χ1v) is 12.7. The number of anilines is 2. The number of amides is 3. The molecule has 2 heterocycles. The number of H-pyrrole nitrogens is 1. The van der Waals surface area contributed by atoms with Gasteiger partial charge in [-0.05, 0) is 67.9 Å². The summed E-state index contributed by atoms with van der Waals surface area (Å²) in [6.07, 6.45) is 2.54. The third-order valence-corrected chi connectivity index (χ3v) is 5.71. The second-order valence-corrected chi connectivity index (χ2v) is 8.82. The van der Waals surface area contributed by atoms with E-state index in [9.17, 15) is 19.1 Å². The van der Waals surface area contributed by atoms with Gasteiger partial charge in [0.25, 0.3) is 5.91 Å². The van der Waals surface area contributed by atoms with Crippen LogP contribution in [-0.2, 0) is 4.74 Å². The Kier molecular flexibility index (Phi) is 9.44. The van der Waals surface area contributed by atoms with E-state index in [1.807, 2.05) is 6.92 Å². The smallest absolute Gasteiger partial charge is 0.323 e. The van der Waals surface area contributed by atoms with Crippen molar-refractivity contribution in [1.82, 2.24) is 15.3 Å². The summed E-state index contributed by atoms with van der Waals surface area (Å²) in [5.74, 6) is 0.233. The van der Waals surface area contributed by atoms with Crippen LogP contribution in [0.4, 0.5) is 20.6 Å². The summed E-state index contributed by atoms with van der Waals surface area (Å²) >= 11 is 0. The predicted octanol–water partition coefficient (Wildman–Crippen LogP) is 5.44. The van der Waals surface area contributed by atoms with Gasteiger partial charge in [-0.3, -0.25) is 9.78 Å². The van der Waals surface area contributed by atoms with Crippen LogP contribution < -0.4 is 20.7 Å². The minimum absolute atomic E-state index is 0.0955. The van der Waals surface area contributed by atoms with Gasteiger partial charge < -0.3 is 35.5 Å². The van der Waals surface area contributed by atoms with Gasteiger partial charge in [0.05, 0.1) is 22.6 Å². The van der Waals surface area contributed by atoms with Crippen molar-refractivity contribution in [2.45, 2.75) is 26.6 Å². The largest absolute Gasteiger partial charge is 0.457 e. The molecule has 11 heteroatoms. The highest BCUT2D eigenvalue weighted by atomic mass is 19.1. The molecule has 4 aromatic rings. The van der Waals surface area contributed by atoms with Crippen molar-refractivity contribution in [2.75, 3.05) is 23.8 Å². The van der Waals surface area contributed by atoms with Crippen LogP contribution in [-0.4, -0.2) is 46.5 Å². The van der Waals surface area contributed by atoms with Gasteiger partial charge in [0.1, 0.15) is 17.3 Å². The number of pyridine rings is 1. The maximum Gasteiger partial charge on any atom is 0.323 e. The zero-order valence-corrected chi connectivity index (χ0v) is 22.0. The molecule has 0 aliphatic carbocycles. The number of nitrogens with one attached hydrogen (secondary N) is 4. The molecule has 10 nitrogen and oxygen atoms in total. The lowest BCUT2D eigenvalue weighted by Crippen LogP contribution is -2.27. The number of carbonyl (C=O) groups excluding carboxylic acids is 2. The SMILES string of the molecule is CCOC(O)CCNC(=O)c1c[nH]c(-c2cc(Oc3ccc(NC(=O)Nc4cc(C)ccc4F)cc3)ccn2)c1. The number of hydrogen-bond donors (Lipinski definition) is 5. The van der Waals surface area contributed by atoms with Gasteiger partial charge in [-0.25, -0.2) is 9.18 Å². The minimum Gasteiger partial charge on any atom is -0.457 e. The first-order chi connectivity index (χ1) is 19.3. The first kappa shape index (κ1) is 28.3. The summed E-state index contributed by atoms with van der Waals surface area (Å²) in [7, 11) is 0. The van der Waals surface area contributed by atoms with Crippen LogP contribution in [0.5, 0.6) is 11.5 Å². The fourth-order valence-corrected chi connectivity index (χ4v) is 3.74. The Hall–Kier alpha value is -4.74. The number of nitrogens with zero attached hydrogens (tertiary/aromatic N) is 1. The molecule has 40 heavy (non-hydrogen) atoms. The van der Waals surface area contributed by atoms with E-state index in [2.05, 4.69) is 25.9 Å². The van der Waals surface area contributed by atoms with Gasteiger partial charge in [0.15, 0.2) is 6.29 Å². The molecular formula is C29H30FN5O5. The van der Waals surface area contributed by atoms with E-state index in [1.165, 1.54) is 6.07 Å². The van der Waals surface area contributed by atoms with E-state index in [0.717, 1.165) is 5.56 Å². The molecule has 208 valence electrons. The van der Waals surface area contributed by atoms with Crippen molar-refractivity contribution in [2.24, 2.45) is 0 Å².